The fourth-order valence-corrected chi connectivity index (χ4v) is 4.56. The Hall–Kier alpha value is -2.23. The molecule has 2 aromatic rings. The Balaban J connectivity index is 1.71. The van der Waals surface area contributed by atoms with Crippen molar-refractivity contribution in [3.63, 3.8) is 0 Å². The van der Waals surface area contributed by atoms with Crippen LogP contribution in [0.25, 0.3) is 11.0 Å². The molecule has 2 aliphatic heterocycles. The molecule has 0 N–H and O–H groups in total. The topological polar surface area (TPSA) is 87.9 Å². The van der Waals surface area contributed by atoms with Crippen molar-refractivity contribution in [2.75, 3.05) is 11.9 Å². The zero-order valence-electron chi connectivity index (χ0n) is 19.5. The van der Waals surface area contributed by atoms with Crippen LogP contribution in [0.5, 0.6) is 0 Å². The van der Waals surface area contributed by atoms with Gasteiger partial charge in [0.15, 0.2) is 17.8 Å². The Bertz CT molecular complexity index is 997. The second-order valence-electron chi connectivity index (χ2n) is 9.84. The minimum absolute atomic E-state index is 0.118. The summed E-state index contributed by atoms with van der Waals surface area (Å²) >= 11 is 0. The zero-order valence-corrected chi connectivity index (χ0v) is 19.5. The van der Waals surface area contributed by atoms with Crippen LogP contribution < -0.4 is 4.90 Å². The summed E-state index contributed by atoms with van der Waals surface area (Å²) in [5.74, 6) is -0.232. The summed E-state index contributed by atoms with van der Waals surface area (Å²) in [5, 5.41) is 0.722. The highest BCUT2D eigenvalue weighted by atomic mass is 16.8. The highest BCUT2D eigenvalue weighted by molar-refractivity contribution is 5.97. The van der Waals surface area contributed by atoms with E-state index < -0.39 is 29.3 Å². The Morgan fingerprint density at radius 2 is 2.00 bits per heavy atom. The summed E-state index contributed by atoms with van der Waals surface area (Å²) in [6, 6.07) is 1.88. The van der Waals surface area contributed by atoms with Gasteiger partial charge >= 0.3 is 6.09 Å². The molecule has 0 aliphatic carbocycles. The van der Waals surface area contributed by atoms with Gasteiger partial charge in [-0.1, -0.05) is 6.92 Å². The van der Waals surface area contributed by atoms with Crippen LogP contribution in [0.4, 0.5) is 10.6 Å². The summed E-state index contributed by atoms with van der Waals surface area (Å²) < 4.78 is 26.4. The van der Waals surface area contributed by atoms with E-state index in [0.717, 1.165) is 11.8 Å². The summed E-state index contributed by atoms with van der Waals surface area (Å²) in [6.45, 7) is 13.4. The van der Waals surface area contributed by atoms with Crippen molar-refractivity contribution in [2.24, 2.45) is 0 Å². The van der Waals surface area contributed by atoms with Crippen LogP contribution in [-0.2, 0) is 18.9 Å². The third kappa shape index (κ3) is 3.68. The third-order valence-electron chi connectivity index (χ3n) is 5.76. The van der Waals surface area contributed by atoms with Gasteiger partial charge in [0.05, 0.1) is 11.5 Å². The molecule has 31 heavy (non-hydrogen) atoms. The normalized spacial score (nSPS) is 29.9. The molecule has 2 aromatic heterocycles. The molecule has 0 bridgehead atoms. The van der Waals surface area contributed by atoms with Crippen LogP contribution in [0.2, 0.25) is 0 Å². The number of amides is 1. The fourth-order valence-electron chi connectivity index (χ4n) is 4.56. The molecule has 9 heteroatoms. The predicted octanol–water partition coefficient (Wildman–Crippen LogP) is 4.02. The molecule has 2 aliphatic rings. The Morgan fingerprint density at radius 3 is 2.65 bits per heavy atom. The maximum atomic E-state index is 12.6. The molecule has 4 atom stereocenters. The molecule has 9 nitrogen and oxygen atoms in total. The van der Waals surface area contributed by atoms with Crippen LogP contribution in [0, 0.1) is 0 Å². The number of aromatic nitrogens is 3. The lowest BCUT2D eigenvalue weighted by atomic mass is 9.93. The first-order chi connectivity index (χ1) is 14.4. The van der Waals surface area contributed by atoms with Gasteiger partial charge in [0.2, 0.25) is 0 Å². The smallest absolute Gasteiger partial charge is 0.415 e. The van der Waals surface area contributed by atoms with Crippen molar-refractivity contribution in [2.45, 2.75) is 90.3 Å². The van der Waals surface area contributed by atoms with Gasteiger partial charge in [0.25, 0.3) is 0 Å². The Morgan fingerprint density at radius 1 is 1.29 bits per heavy atom. The first-order valence-corrected chi connectivity index (χ1v) is 10.7. The number of carbonyl (C=O) groups excluding carboxylic acids is 1. The lowest BCUT2D eigenvalue weighted by molar-refractivity contribution is -0.210. The Labute approximate surface area is 182 Å². The van der Waals surface area contributed by atoms with Crippen molar-refractivity contribution in [1.29, 1.82) is 0 Å². The molecule has 0 saturated carbocycles. The molecule has 4 rings (SSSR count). The van der Waals surface area contributed by atoms with Gasteiger partial charge < -0.3 is 23.5 Å². The van der Waals surface area contributed by atoms with Crippen LogP contribution >= 0.6 is 0 Å². The average molecular weight is 433 g/mol. The number of fused-ring (bicyclic) bond motifs is 2. The highest BCUT2D eigenvalue weighted by Gasteiger charge is 2.63. The molecule has 0 unspecified atom stereocenters. The summed E-state index contributed by atoms with van der Waals surface area (Å²) in [7, 11) is 1.64. The van der Waals surface area contributed by atoms with Crippen molar-refractivity contribution < 1.29 is 23.7 Å². The molecular formula is C22H32N4O5. The maximum Gasteiger partial charge on any atom is 0.415 e. The zero-order chi connectivity index (χ0) is 22.8. The average Bonchev–Trinajstić information content (AvgIpc) is 3.26. The lowest BCUT2D eigenvalue weighted by Gasteiger charge is -2.28. The number of rotatable bonds is 3. The molecule has 0 aromatic carbocycles. The molecular weight excluding hydrogens is 400 g/mol. The fraction of sp³-hybridized carbons (Fsp3) is 0.682. The summed E-state index contributed by atoms with van der Waals surface area (Å²) in [6.07, 6.45) is 2.82. The van der Waals surface area contributed by atoms with Crippen LogP contribution in [0.3, 0.4) is 0 Å². The van der Waals surface area contributed by atoms with Crippen LogP contribution in [-0.4, -0.2) is 56.9 Å². The summed E-state index contributed by atoms with van der Waals surface area (Å²) in [4.78, 5) is 22.8. The van der Waals surface area contributed by atoms with Crippen LogP contribution in [0.15, 0.2) is 18.6 Å². The largest absolute Gasteiger partial charge is 0.443 e. The van der Waals surface area contributed by atoms with Crippen molar-refractivity contribution in [3.05, 3.63) is 18.6 Å². The molecule has 4 heterocycles. The second-order valence-corrected chi connectivity index (χ2v) is 9.84. The van der Waals surface area contributed by atoms with Gasteiger partial charge in [-0.15, -0.1) is 0 Å². The molecule has 2 saturated heterocycles. The first kappa shape index (κ1) is 22.0. The highest BCUT2D eigenvalue weighted by Crippen LogP contribution is 2.51. The predicted molar refractivity (Wildman–Crippen MR) is 115 cm³/mol. The van der Waals surface area contributed by atoms with E-state index in [1.165, 1.54) is 11.2 Å². The van der Waals surface area contributed by atoms with Gasteiger partial charge in [-0.05, 0) is 54.0 Å². The lowest BCUT2D eigenvalue weighted by Crippen LogP contribution is -2.43. The number of hydrogen-bond donors (Lipinski definition) is 0. The quantitative estimate of drug-likeness (QED) is 0.724. The third-order valence-corrected chi connectivity index (χ3v) is 5.76. The van der Waals surface area contributed by atoms with E-state index >= 15 is 0 Å². The molecule has 0 radical (unpaired) electrons. The minimum atomic E-state index is -0.700. The van der Waals surface area contributed by atoms with E-state index in [2.05, 4.69) is 16.9 Å². The Kier molecular flexibility index (Phi) is 5.07. The standard InChI is InChI=1S/C22H32N4O5/c1-9-14-22(7)15(29-21(5,6)31-22)18(28-14)26-11-10-13-16(23-12-24-17(13)26)25(8)19(27)30-20(2,3)4/h10-12,14-15,18H,9H2,1-8H3/t14-,15+,18-,22-/m1/s1. The molecule has 0 spiro atoms. The van der Waals surface area contributed by atoms with E-state index in [1.807, 2.05) is 58.4 Å². The van der Waals surface area contributed by atoms with Crippen molar-refractivity contribution >= 4 is 22.9 Å². The monoisotopic (exact) mass is 432 g/mol. The summed E-state index contributed by atoms with van der Waals surface area (Å²) in [5.41, 5.74) is -0.520. The van der Waals surface area contributed by atoms with E-state index in [4.69, 9.17) is 18.9 Å². The number of carbonyl (C=O) groups is 1. The van der Waals surface area contributed by atoms with E-state index in [1.54, 1.807) is 7.05 Å². The maximum absolute atomic E-state index is 12.6. The number of hydrogen-bond acceptors (Lipinski definition) is 7. The van der Waals surface area contributed by atoms with Crippen LogP contribution in [0.1, 0.15) is 61.1 Å². The van der Waals surface area contributed by atoms with Gasteiger partial charge in [0.1, 0.15) is 29.3 Å². The van der Waals surface area contributed by atoms with Crippen molar-refractivity contribution in [3.8, 4) is 0 Å². The number of anilines is 1. The molecule has 170 valence electrons. The van der Waals surface area contributed by atoms with E-state index in [-0.39, 0.29) is 12.2 Å². The first-order valence-electron chi connectivity index (χ1n) is 10.7. The van der Waals surface area contributed by atoms with E-state index in [0.29, 0.717) is 11.5 Å². The number of ether oxygens (including phenoxy) is 4. The van der Waals surface area contributed by atoms with Crippen molar-refractivity contribution in [1.82, 2.24) is 14.5 Å². The van der Waals surface area contributed by atoms with E-state index in [9.17, 15) is 4.79 Å². The second kappa shape index (κ2) is 7.15. The molecule has 2 fully saturated rings. The van der Waals surface area contributed by atoms with Gasteiger partial charge in [-0.25, -0.2) is 14.8 Å². The van der Waals surface area contributed by atoms with Gasteiger partial charge in [-0.2, -0.15) is 0 Å². The molecule has 1 amide bonds. The van der Waals surface area contributed by atoms with Gasteiger partial charge in [0, 0.05) is 13.2 Å². The minimum Gasteiger partial charge on any atom is -0.443 e. The van der Waals surface area contributed by atoms with Gasteiger partial charge in [-0.3, -0.25) is 4.90 Å². The number of nitrogens with zero attached hydrogens (tertiary/aromatic N) is 4. The SMILES string of the molecule is CC[C@H]1O[C@@H](n2ccc3c(N(C)C(=O)OC(C)(C)C)ncnc32)[C@@H]2OC(C)(C)O[C@]12C.